The Kier molecular flexibility index (Phi) is 6.49. The summed E-state index contributed by atoms with van der Waals surface area (Å²) in [6.45, 7) is 1.76. The van der Waals surface area contributed by atoms with Gasteiger partial charge in [0.05, 0.1) is 28.8 Å². The first-order valence-corrected chi connectivity index (χ1v) is 10.9. The third kappa shape index (κ3) is 4.43. The zero-order valence-corrected chi connectivity index (χ0v) is 19.2. The van der Waals surface area contributed by atoms with Crippen LogP contribution in [0.25, 0.3) is 22.0 Å². The molecule has 0 aliphatic rings. The van der Waals surface area contributed by atoms with Crippen molar-refractivity contribution in [1.82, 2.24) is 14.7 Å². The summed E-state index contributed by atoms with van der Waals surface area (Å²) in [7, 11) is 4.02. The van der Waals surface area contributed by atoms with Crippen molar-refractivity contribution in [3.05, 3.63) is 72.0 Å². The van der Waals surface area contributed by atoms with Gasteiger partial charge in [-0.05, 0) is 61.1 Å². The van der Waals surface area contributed by atoms with E-state index in [9.17, 15) is 9.18 Å². The number of hydrogen-bond donors (Lipinski definition) is 3. The number of aromatic nitrogens is 2. The number of rotatable bonds is 7. The van der Waals surface area contributed by atoms with Crippen LogP contribution in [0.15, 0.2) is 60.7 Å². The second-order valence-electron chi connectivity index (χ2n) is 8.32. The van der Waals surface area contributed by atoms with Crippen LogP contribution in [-0.2, 0) is 13.1 Å². The minimum atomic E-state index is -0.797. The Balaban J connectivity index is 1.73. The first kappa shape index (κ1) is 23.2. The van der Waals surface area contributed by atoms with Crippen LogP contribution in [0.1, 0.15) is 5.56 Å². The molecule has 1 heterocycles. The van der Waals surface area contributed by atoms with E-state index < -0.39 is 11.8 Å². The fraction of sp³-hybridized carbons (Fsp3) is 0.200. The molecule has 3 aromatic carbocycles. The van der Waals surface area contributed by atoms with Gasteiger partial charge in [-0.25, -0.2) is 9.18 Å². The van der Waals surface area contributed by atoms with Crippen molar-refractivity contribution < 1.29 is 9.18 Å². The maximum Gasteiger partial charge on any atom is 0.323 e. The van der Waals surface area contributed by atoms with E-state index in [-0.39, 0.29) is 12.2 Å². The van der Waals surface area contributed by atoms with Crippen LogP contribution in [0.3, 0.4) is 0 Å². The molecule has 0 bridgehead atoms. The summed E-state index contributed by atoms with van der Waals surface area (Å²) in [4.78, 5) is 15.5. The lowest BCUT2D eigenvalue weighted by molar-refractivity contribution is 0.256. The molecule has 2 amide bonds. The van der Waals surface area contributed by atoms with E-state index in [4.69, 9.17) is 17.2 Å². The van der Waals surface area contributed by atoms with Crippen LogP contribution in [0.4, 0.5) is 26.4 Å². The van der Waals surface area contributed by atoms with E-state index in [1.807, 2.05) is 49.1 Å². The number of hydrogen-bond acceptors (Lipinski definition) is 5. The van der Waals surface area contributed by atoms with Gasteiger partial charge in [0.25, 0.3) is 0 Å². The molecule has 0 unspecified atom stereocenters. The molecule has 4 aromatic rings. The molecular formula is C25H28FN7O. The van der Waals surface area contributed by atoms with E-state index in [1.165, 1.54) is 12.1 Å². The minimum Gasteiger partial charge on any atom is -0.382 e. The van der Waals surface area contributed by atoms with Gasteiger partial charge in [-0.1, -0.05) is 30.3 Å². The number of carbonyl (C=O) groups is 1. The molecule has 0 saturated carbocycles. The second-order valence-corrected chi connectivity index (χ2v) is 8.32. The van der Waals surface area contributed by atoms with Crippen LogP contribution in [-0.4, -0.2) is 41.4 Å². The number of urea groups is 1. The van der Waals surface area contributed by atoms with E-state index >= 15 is 0 Å². The summed E-state index contributed by atoms with van der Waals surface area (Å²) in [5.41, 5.74) is 21.5. The number of nitrogen functional groups attached to an aromatic ring is 1. The van der Waals surface area contributed by atoms with E-state index in [1.54, 1.807) is 18.2 Å². The number of halogens is 1. The van der Waals surface area contributed by atoms with Crippen molar-refractivity contribution in [2.45, 2.75) is 13.1 Å². The van der Waals surface area contributed by atoms with E-state index in [0.717, 1.165) is 33.5 Å². The topological polar surface area (TPSA) is 119 Å². The van der Waals surface area contributed by atoms with Crippen LogP contribution in [0, 0.1) is 5.82 Å². The van der Waals surface area contributed by atoms with E-state index in [0.29, 0.717) is 23.6 Å². The molecule has 0 aliphatic heterocycles. The predicted molar refractivity (Wildman–Crippen MR) is 134 cm³/mol. The molecule has 0 aliphatic carbocycles. The average Bonchev–Trinajstić information content (AvgIpc) is 3.15. The van der Waals surface area contributed by atoms with E-state index in [2.05, 4.69) is 10.00 Å². The Morgan fingerprint density at radius 2 is 1.82 bits per heavy atom. The van der Waals surface area contributed by atoms with Gasteiger partial charge in [-0.15, -0.1) is 0 Å². The number of fused-ring (bicyclic) bond motifs is 1. The molecule has 34 heavy (non-hydrogen) atoms. The molecule has 1 aromatic heterocycles. The van der Waals surface area contributed by atoms with Crippen LogP contribution in [0.5, 0.6) is 0 Å². The zero-order chi connectivity index (χ0) is 24.4. The van der Waals surface area contributed by atoms with Gasteiger partial charge in [0, 0.05) is 13.1 Å². The number of likely N-dealkylation sites (N-methyl/N-ethyl adjacent to an activating group) is 1. The van der Waals surface area contributed by atoms with Crippen molar-refractivity contribution in [2.75, 3.05) is 31.3 Å². The predicted octanol–water partition coefficient (Wildman–Crippen LogP) is 3.66. The number of anilines is 3. The Hall–Kier alpha value is -3.95. The number of benzene rings is 3. The lowest BCUT2D eigenvalue weighted by atomic mass is 10.0. The smallest absolute Gasteiger partial charge is 0.323 e. The first-order chi connectivity index (χ1) is 16.3. The molecule has 4 rings (SSSR count). The Labute approximate surface area is 197 Å². The third-order valence-electron chi connectivity index (χ3n) is 5.71. The molecule has 0 saturated heterocycles. The highest BCUT2D eigenvalue weighted by atomic mass is 19.1. The summed E-state index contributed by atoms with van der Waals surface area (Å²) in [6, 6.07) is 16.7. The van der Waals surface area contributed by atoms with Crippen molar-refractivity contribution in [3.8, 4) is 11.1 Å². The highest BCUT2D eigenvalue weighted by Gasteiger charge is 2.20. The number of amides is 2. The largest absolute Gasteiger partial charge is 0.382 e. The van der Waals surface area contributed by atoms with Crippen molar-refractivity contribution >= 4 is 34.1 Å². The average molecular weight is 462 g/mol. The SMILES string of the molecule is CN(C)CCn1nc(N)c2c(-c3ccc(N(C(N)=O)c4cc(CN)ccc4F)cc3)cccc21. The van der Waals surface area contributed by atoms with Gasteiger partial charge in [0.15, 0.2) is 5.82 Å². The molecular weight excluding hydrogens is 433 g/mol. The highest BCUT2D eigenvalue weighted by molar-refractivity contribution is 6.03. The lowest BCUT2D eigenvalue weighted by Crippen LogP contribution is -2.32. The lowest BCUT2D eigenvalue weighted by Gasteiger charge is -2.22. The van der Waals surface area contributed by atoms with Gasteiger partial charge < -0.3 is 22.1 Å². The number of nitrogens with zero attached hydrogens (tertiary/aromatic N) is 4. The maximum atomic E-state index is 14.6. The molecule has 9 heteroatoms. The summed E-state index contributed by atoms with van der Waals surface area (Å²) in [6.07, 6.45) is 0. The van der Waals surface area contributed by atoms with Gasteiger partial charge in [-0.3, -0.25) is 9.58 Å². The minimum absolute atomic E-state index is 0.0525. The summed E-state index contributed by atoms with van der Waals surface area (Å²) < 4.78 is 16.5. The van der Waals surface area contributed by atoms with Crippen LogP contribution in [0.2, 0.25) is 0 Å². The van der Waals surface area contributed by atoms with Gasteiger partial charge in [0.1, 0.15) is 5.82 Å². The summed E-state index contributed by atoms with van der Waals surface area (Å²) >= 11 is 0. The highest BCUT2D eigenvalue weighted by Crippen LogP contribution is 2.35. The molecule has 0 fully saturated rings. The van der Waals surface area contributed by atoms with Crippen LogP contribution >= 0.6 is 0 Å². The normalized spacial score (nSPS) is 11.3. The molecule has 6 N–H and O–H groups in total. The fourth-order valence-electron chi connectivity index (χ4n) is 4.00. The molecule has 0 atom stereocenters. The second kappa shape index (κ2) is 9.50. The molecule has 176 valence electrons. The van der Waals surface area contributed by atoms with Gasteiger partial charge >= 0.3 is 6.03 Å². The summed E-state index contributed by atoms with van der Waals surface area (Å²) in [5, 5.41) is 5.39. The third-order valence-corrected chi connectivity index (χ3v) is 5.71. The fourth-order valence-corrected chi connectivity index (χ4v) is 4.00. The number of primary amides is 1. The molecule has 0 radical (unpaired) electrons. The van der Waals surface area contributed by atoms with Gasteiger partial charge in [0.2, 0.25) is 0 Å². The Bertz CT molecular complexity index is 1330. The Morgan fingerprint density at radius 1 is 1.09 bits per heavy atom. The van der Waals surface area contributed by atoms with Crippen molar-refractivity contribution in [3.63, 3.8) is 0 Å². The number of nitrogens with two attached hydrogens (primary N) is 3. The van der Waals surface area contributed by atoms with Crippen molar-refractivity contribution in [2.24, 2.45) is 11.5 Å². The van der Waals surface area contributed by atoms with Crippen molar-refractivity contribution in [1.29, 1.82) is 0 Å². The monoisotopic (exact) mass is 461 g/mol. The quantitative estimate of drug-likeness (QED) is 0.388. The van der Waals surface area contributed by atoms with Gasteiger partial charge in [-0.2, -0.15) is 5.10 Å². The zero-order valence-electron chi connectivity index (χ0n) is 19.2. The first-order valence-electron chi connectivity index (χ1n) is 10.9. The van der Waals surface area contributed by atoms with Crippen LogP contribution < -0.4 is 22.1 Å². The maximum absolute atomic E-state index is 14.6. The standard InChI is InChI=1S/C25H28FN7O/c1-31(2)12-13-32-21-5-3-4-19(23(21)24(28)30-32)17-7-9-18(10-8-17)33(25(29)34)22-14-16(15-27)6-11-20(22)26/h3-11,14H,12-13,15,27H2,1-2H3,(H2,28,30)(H2,29,34). The Morgan fingerprint density at radius 3 is 2.47 bits per heavy atom. The number of carbonyl (C=O) groups excluding carboxylic acids is 1. The molecule has 0 spiro atoms. The molecule has 8 nitrogen and oxygen atoms in total. The summed E-state index contributed by atoms with van der Waals surface area (Å²) in [5.74, 6) is -0.115.